The molecule has 0 aliphatic heterocycles. The molecular formula is C11H10F2O2S. The van der Waals surface area contributed by atoms with Crippen molar-refractivity contribution in [3.05, 3.63) is 29.8 Å². The van der Waals surface area contributed by atoms with Crippen LogP contribution < -0.4 is 0 Å². The summed E-state index contributed by atoms with van der Waals surface area (Å²) in [6, 6.07) is 2.76. The molecule has 0 N–H and O–H groups in total. The van der Waals surface area contributed by atoms with E-state index in [1.807, 2.05) is 0 Å². The molecule has 0 radical (unpaired) electrons. The van der Waals surface area contributed by atoms with Crippen LogP contribution >= 0.6 is 0 Å². The molecule has 0 aromatic heterocycles. The molecule has 0 spiro atoms. The standard InChI is InChI=1S/C11H10F2O2S/c12-8-3-4-9(13)11(5-8)16(15)6-10(14)7-1-2-7/h3-5,7H,1-2,6H2. The number of Topliss-reactive ketones (excluding diaryl/α,β-unsaturated/α-hetero) is 1. The van der Waals surface area contributed by atoms with E-state index in [2.05, 4.69) is 0 Å². The van der Waals surface area contributed by atoms with Crippen LogP contribution in [0.4, 0.5) is 8.78 Å². The minimum Gasteiger partial charge on any atom is -0.298 e. The fourth-order valence-electron chi connectivity index (χ4n) is 1.38. The number of benzene rings is 1. The summed E-state index contributed by atoms with van der Waals surface area (Å²) in [6.45, 7) is 0. The van der Waals surface area contributed by atoms with E-state index < -0.39 is 22.4 Å². The smallest absolute Gasteiger partial charge is 0.148 e. The molecule has 1 atom stereocenters. The van der Waals surface area contributed by atoms with Gasteiger partial charge in [-0.1, -0.05) is 0 Å². The molecule has 1 aliphatic rings. The summed E-state index contributed by atoms with van der Waals surface area (Å²) in [4.78, 5) is 11.1. The number of rotatable bonds is 4. The topological polar surface area (TPSA) is 34.1 Å². The van der Waals surface area contributed by atoms with Crippen LogP contribution in [-0.2, 0) is 15.6 Å². The zero-order valence-electron chi connectivity index (χ0n) is 8.41. The van der Waals surface area contributed by atoms with Gasteiger partial charge >= 0.3 is 0 Å². The monoisotopic (exact) mass is 244 g/mol. The van der Waals surface area contributed by atoms with Crippen molar-refractivity contribution < 1.29 is 17.8 Å². The van der Waals surface area contributed by atoms with Crippen LogP contribution in [0.5, 0.6) is 0 Å². The van der Waals surface area contributed by atoms with Gasteiger partial charge in [0.2, 0.25) is 0 Å². The fourth-order valence-corrected chi connectivity index (χ4v) is 2.56. The predicted molar refractivity (Wildman–Crippen MR) is 55.4 cm³/mol. The fraction of sp³-hybridized carbons (Fsp3) is 0.364. The van der Waals surface area contributed by atoms with Gasteiger partial charge in [0, 0.05) is 5.92 Å². The van der Waals surface area contributed by atoms with Gasteiger partial charge in [0.05, 0.1) is 21.4 Å². The number of hydrogen-bond donors (Lipinski definition) is 0. The van der Waals surface area contributed by atoms with Crippen molar-refractivity contribution in [1.82, 2.24) is 0 Å². The normalized spacial score (nSPS) is 17.1. The first kappa shape index (κ1) is 11.4. The highest BCUT2D eigenvalue weighted by Crippen LogP contribution is 2.30. The lowest BCUT2D eigenvalue weighted by molar-refractivity contribution is -0.117. The largest absolute Gasteiger partial charge is 0.298 e. The third-order valence-electron chi connectivity index (χ3n) is 2.44. The Morgan fingerprint density at radius 2 is 2.06 bits per heavy atom. The van der Waals surface area contributed by atoms with Gasteiger partial charge in [-0.3, -0.25) is 9.00 Å². The van der Waals surface area contributed by atoms with E-state index in [0.717, 1.165) is 31.0 Å². The highest BCUT2D eigenvalue weighted by Gasteiger charge is 2.30. The third-order valence-corrected chi connectivity index (χ3v) is 3.79. The van der Waals surface area contributed by atoms with Crippen molar-refractivity contribution in [3.63, 3.8) is 0 Å². The Labute approximate surface area is 94.1 Å². The van der Waals surface area contributed by atoms with Gasteiger partial charge < -0.3 is 0 Å². The number of ketones is 1. The van der Waals surface area contributed by atoms with Crippen molar-refractivity contribution in [1.29, 1.82) is 0 Å². The zero-order chi connectivity index (χ0) is 11.7. The van der Waals surface area contributed by atoms with Crippen LogP contribution in [0, 0.1) is 17.6 Å². The van der Waals surface area contributed by atoms with Crippen LogP contribution in [0.15, 0.2) is 23.1 Å². The Bertz CT molecular complexity index is 455. The molecule has 5 heteroatoms. The number of carbonyl (C=O) groups excluding carboxylic acids is 1. The summed E-state index contributed by atoms with van der Waals surface area (Å²) in [5.41, 5.74) is 0. The average molecular weight is 244 g/mol. The Balaban J connectivity index is 2.13. The molecule has 1 aromatic carbocycles. The van der Waals surface area contributed by atoms with Crippen LogP contribution in [0.25, 0.3) is 0 Å². The molecule has 1 fully saturated rings. The second-order valence-corrected chi connectivity index (χ2v) is 5.22. The molecular weight excluding hydrogens is 234 g/mol. The highest BCUT2D eigenvalue weighted by molar-refractivity contribution is 7.85. The third kappa shape index (κ3) is 2.52. The average Bonchev–Trinajstić information content (AvgIpc) is 3.04. The molecule has 2 rings (SSSR count). The van der Waals surface area contributed by atoms with E-state index in [1.165, 1.54) is 0 Å². The second-order valence-electron chi connectivity index (χ2n) is 3.81. The maximum atomic E-state index is 13.2. The number of carbonyl (C=O) groups is 1. The van der Waals surface area contributed by atoms with Crippen LogP contribution in [0.3, 0.4) is 0 Å². The molecule has 1 aliphatic carbocycles. The van der Waals surface area contributed by atoms with Crippen molar-refractivity contribution in [2.45, 2.75) is 17.7 Å². The number of halogens is 2. The lowest BCUT2D eigenvalue weighted by atomic mass is 10.3. The lowest BCUT2D eigenvalue weighted by Gasteiger charge is -2.02. The molecule has 0 amide bonds. The molecule has 0 saturated heterocycles. The summed E-state index contributed by atoms with van der Waals surface area (Å²) in [6.07, 6.45) is 1.64. The van der Waals surface area contributed by atoms with E-state index in [-0.39, 0.29) is 22.3 Å². The first-order valence-corrected chi connectivity index (χ1v) is 6.26. The summed E-state index contributed by atoms with van der Waals surface area (Å²) in [5, 5.41) is 0. The van der Waals surface area contributed by atoms with E-state index in [4.69, 9.17) is 0 Å². The zero-order valence-corrected chi connectivity index (χ0v) is 9.23. The quantitative estimate of drug-likeness (QED) is 0.812. The highest BCUT2D eigenvalue weighted by atomic mass is 32.2. The lowest BCUT2D eigenvalue weighted by Crippen LogP contribution is -2.13. The van der Waals surface area contributed by atoms with Gasteiger partial charge in [-0.15, -0.1) is 0 Å². The molecule has 1 aromatic rings. The first-order chi connectivity index (χ1) is 7.58. The Hall–Kier alpha value is -1.10. The maximum absolute atomic E-state index is 13.2. The molecule has 2 nitrogen and oxygen atoms in total. The summed E-state index contributed by atoms with van der Waals surface area (Å²) in [7, 11) is -1.78. The predicted octanol–water partition coefficient (Wildman–Crippen LogP) is 2.05. The molecule has 1 saturated carbocycles. The van der Waals surface area contributed by atoms with Crippen molar-refractivity contribution >= 4 is 16.6 Å². The van der Waals surface area contributed by atoms with Gasteiger partial charge in [0.1, 0.15) is 17.4 Å². The molecule has 1 unspecified atom stereocenters. The van der Waals surface area contributed by atoms with Crippen molar-refractivity contribution in [2.75, 3.05) is 5.75 Å². The second kappa shape index (κ2) is 4.41. The molecule has 86 valence electrons. The van der Waals surface area contributed by atoms with E-state index in [1.54, 1.807) is 0 Å². The summed E-state index contributed by atoms with van der Waals surface area (Å²) in [5.74, 6) is -1.74. The molecule has 0 bridgehead atoms. The Kier molecular flexibility index (Phi) is 3.14. The van der Waals surface area contributed by atoms with Crippen LogP contribution in [-0.4, -0.2) is 15.7 Å². The van der Waals surface area contributed by atoms with E-state index in [0.29, 0.717) is 0 Å². The van der Waals surface area contributed by atoms with Gasteiger partial charge in [0.25, 0.3) is 0 Å². The first-order valence-electron chi connectivity index (χ1n) is 4.94. The summed E-state index contributed by atoms with van der Waals surface area (Å²) >= 11 is 0. The maximum Gasteiger partial charge on any atom is 0.148 e. The minimum absolute atomic E-state index is 0.0134. The molecule has 16 heavy (non-hydrogen) atoms. The van der Waals surface area contributed by atoms with Gasteiger partial charge in [0.15, 0.2) is 0 Å². The minimum atomic E-state index is -1.78. The van der Waals surface area contributed by atoms with Gasteiger partial charge in [-0.25, -0.2) is 8.78 Å². The van der Waals surface area contributed by atoms with Crippen molar-refractivity contribution in [3.8, 4) is 0 Å². The van der Waals surface area contributed by atoms with Crippen molar-refractivity contribution in [2.24, 2.45) is 5.92 Å². The van der Waals surface area contributed by atoms with Gasteiger partial charge in [-0.2, -0.15) is 0 Å². The molecule has 0 heterocycles. The van der Waals surface area contributed by atoms with Crippen LogP contribution in [0.2, 0.25) is 0 Å². The summed E-state index contributed by atoms with van der Waals surface area (Å²) < 4.78 is 37.7. The number of hydrogen-bond acceptors (Lipinski definition) is 2. The SMILES string of the molecule is O=C(CS(=O)c1cc(F)ccc1F)C1CC1. The van der Waals surface area contributed by atoms with E-state index >= 15 is 0 Å². The Morgan fingerprint density at radius 1 is 1.38 bits per heavy atom. The van der Waals surface area contributed by atoms with Crippen LogP contribution in [0.1, 0.15) is 12.8 Å². The van der Waals surface area contributed by atoms with Gasteiger partial charge in [-0.05, 0) is 31.0 Å². The van der Waals surface area contributed by atoms with E-state index in [9.17, 15) is 17.8 Å². The Morgan fingerprint density at radius 3 is 2.69 bits per heavy atom.